The van der Waals surface area contributed by atoms with Gasteiger partial charge in [0.15, 0.2) is 11.5 Å². The van der Waals surface area contributed by atoms with Crippen molar-refractivity contribution < 1.29 is 4.79 Å². The monoisotopic (exact) mass is 369 g/mol. The summed E-state index contributed by atoms with van der Waals surface area (Å²) in [6.45, 7) is 2.62. The zero-order valence-corrected chi connectivity index (χ0v) is 15.8. The Morgan fingerprint density at radius 2 is 1.96 bits per heavy atom. The summed E-state index contributed by atoms with van der Waals surface area (Å²) in [5.41, 5.74) is 0.824. The molecule has 1 atom stereocenters. The summed E-state index contributed by atoms with van der Waals surface area (Å²) in [5.74, 6) is 2.66. The molecule has 144 valence electrons. The number of hydrogen-bond acceptors (Lipinski definition) is 6. The zero-order valence-electron chi connectivity index (χ0n) is 15.8. The van der Waals surface area contributed by atoms with Crippen LogP contribution in [0.5, 0.6) is 0 Å². The Morgan fingerprint density at radius 3 is 2.74 bits per heavy atom. The van der Waals surface area contributed by atoms with Gasteiger partial charge >= 0.3 is 0 Å². The van der Waals surface area contributed by atoms with E-state index in [4.69, 9.17) is 5.10 Å². The van der Waals surface area contributed by atoms with Crippen LogP contribution in [-0.4, -0.2) is 69.4 Å². The van der Waals surface area contributed by atoms with Gasteiger partial charge in [0.1, 0.15) is 5.82 Å². The van der Waals surface area contributed by atoms with Crippen LogP contribution in [0, 0.1) is 0 Å². The van der Waals surface area contributed by atoms with E-state index in [9.17, 15) is 4.79 Å². The van der Waals surface area contributed by atoms with Gasteiger partial charge in [0.05, 0.1) is 6.04 Å². The van der Waals surface area contributed by atoms with Crippen LogP contribution in [0.4, 0.5) is 5.82 Å². The molecule has 2 saturated heterocycles. The third-order valence-corrected chi connectivity index (χ3v) is 6.50. The normalized spacial score (nSPS) is 24.6. The predicted molar refractivity (Wildman–Crippen MR) is 102 cm³/mol. The Labute approximate surface area is 158 Å². The molecule has 2 aromatic heterocycles. The molecule has 8 heteroatoms. The summed E-state index contributed by atoms with van der Waals surface area (Å²) in [7, 11) is 2.09. The van der Waals surface area contributed by atoms with E-state index in [-0.39, 0.29) is 11.9 Å². The first-order chi connectivity index (χ1) is 13.2. The number of amides is 1. The number of hydrogen-bond donors (Lipinski definition) is 1. The fourth-order valence-electron chi connectivity index (χ4n) is 4.35. The number of carbonyl (C=O) groups is 1. The summed E-state index contributed by atoms with van der Waals surface area (Å²) < 4.78 is 1.93. The number of nitrogens with zero attached hydrogens (tertiary/aromatic N) is 6. The van der Waals surface area contributed by atoms with Crippen molar-refractivity contribution in [1.29, 1.82) is 0 Å². The van der Waals surface area contributed by atoms with Crippen LogP contribution in [0.2, 0.25) is 0 Å². The highest BCUT2D eigenvalue weighted by atomic mass is 16.2. The highest BCUT2D eigenvalue weighted by Gasteiger charge is 2.37. The molecule has 1 unspecified atom stereocenters. The molecule has 1 saturated carbocycles. The highest BCUT2D eigenvalue weighted by molar-refractivity contribution is 5.82. The molecule has 0 aromatic carbocycles. The average molecular weight is 369 g/mol. The number of anilines is 1. The highest BCUT2D eigenvalue weighted by Crippen LogP contribution is 2.35. The first-order valence-electron chi connectivity index (χ1n) is 10.2. The van der Waals surface area contributed by atoms with Crippen LogP contribution in [0.25, 0.3) is 5.65 Å². The van der Waals surface area contributed by atoms with Crippen LogP contribution in [0.1, 0.15) is 50.3 Å². The molecule has 5 rings (SSSR count). The Kier molecular flexibility index (Phi) is 4.22. The molecule has 3 fully saturated rings. The van der Waals surface area contributed by atoms with E-state index in [2.05, 4.69) is 32.4 Å². The molecule has 4 heterocycles. The maximum absolute atomic E-state index is 12.3. The molecule has 1 aliphatic carbocycles. The molecule has 0 bridgehead atoms. The van der Waals surface area contributed by atoms with Crippen molar-refractivity contribution >= 4 is 17.4 Å². The minimum Gasteiger partial charge on any atom is -0.355 e. The van der Waals surface area contributed by atoms with Crippen molar-refractivity contribution in [3.05, 3.63) is 18.0 Å². The van der Waals surface area contributed by atoms with Gasteiger partial charge in [0.2, 0.25) is 5.91 Å². The topological polar surface area (TPSA) is 78.7 Å². The van der Waals surface area contributed by atoms with Gasteiger partial charge in [-0.25, -0.2) is 0 Å². The van der Waals surface area contributed by atoms with E-state index < -0.39 is 0 Å². The summed E-state index contributed by atoms with van der Waals surface area (Å²) in [6, 6.07) is 4.43. The molecule has 1 amide bonds. The third kappa shape index (κ3) is 2.96. The Bertz CT molecular complexity index is 840. The minimum atomic E-state index is -0.00171. The van der Waals surface area contributed by atoms with E-state index in [0.29, 0.717) is 12.0 Å². The second-order valence-corrected chi connectivity index (χ2v) is 8.17. The van der Waals surface area contributed by atoms with Crippen molar-refractivity contribution in [3.8, 4) is 0 Å². The zero-order chi connectivity index (χ0) is 18.4. The Morgan fingerprint density at radius 1 is 1.11 bits per heavy atom. The van der Waals surface area contributed by atoms with Crippen molar-refractivity contribution in [2.75, 3.05) is 31.6 Å². The summed E-state index contributed by atoms with van der Waals surface area (Å²) in [6.07, 6.45) is 6.79. The molecule has 2 aliphatic heterocycles. The third-order valence-electron chi connectivity index (χ3n) is 6.50. The lowest BCUT2D eigenvalue weighted by Crippen LogP contribution is -2.62. The summed E-state index contributed by atoms with van der Waals surface area (Å²) >= 11 is 0. The molecule has 27 heavy (non-hydrogen) atoms. The second kappa shape index (κ2) is 6.74. The lowest BCUT2D eigenvalue weighted by molar-refractivity contribution is -0.126. The lowest BCUT2D eigenvalue weighted by atomic mass is 9.85. The van der Waals surface area contributed by atoms with E-state index in [0.717, 1.165) is 56.2 Å². The molecule has 0 spiro atoms. The molecule has 2 aromatic rings. The minimum absolute atomic E-state index is 0.00171. The average Bonchev–Trinajstić information content (AvgIpc) is 2.85. The van der Waals surface area contributed by atoms with Crippen molar-refractivity contribution in [1.82, 2.24) is 30.0 Å². The van der Waals surface area contributed by atoms with E-state index in [1.807, 2.05) is 16.6 Å². The smallest absolute Gasteiger partial charge is 0.237 e. The standard InChI is InChI=1S/C19H27N7O/c1-24(15-7-2-3-10-20-19(15)27)14-11-25(12-14)17-9-8-16-21-22-18(26(16)23-17)13-5-4-6-13/h8-9,13-15H,2-7,10-12H2,1H3,(H,20,27). The maximum atomic E-state index is 12.3. The number of carbonyl (C=O) groups excluding carboxylic acids is 1. The number of likely N-dealkylation sites (N-methyl/N-ethyl adjacent to an activating group) is 1. The van der Waals surface area contributed by atoms with E-state index in [1.54, 1.807) is 0 Å². The van der Waals surface area contributed by atoms with Gasteiger partial charge in [0, 0.05) is 31.6 Å². The van der Waals surface area contributed by atoms with Gasteiger partial charge < -0.3 is 10.2 Å². The SMILES string of the molecule is CN(C1CN(c2ccc3nnc(C4CCC4)n3n2)C1)C1CCCCNC1=O. The largest absolute Gasteiger partial charge is 0.355 e. The van der Waals surface area contributed by atoms with Gasteiger partial charge in [0.25, 0.3) is 0 Å². The summed E-state index contributed by atoms with van der Waals surface area (Å²) in [5, 5.41) is 16.5. The van der Waals surface area contributed by atoms with Crippen molar-refractivity contribution in [2.45, 2.75) is 56.5 Å². The van der Waals surface area contributed by atoms with Gasteiger partial charge in [-0.05, 0) is 51.3 Å². The maximum Gasteiger partial charge on any atom is 0.237 e. The van der Waals surface area contributed by atoms with Gasteiger partial charge in [-0.1, -0.05) is 6.42 Å². The van der Waals surface area contributed by atoms with Crippen LogP contribution in [-0.2, 0) is 4.79 Å². The quantitative estimate of drug-likeness (QED) is 0.872. The molecule has 0 radical (unpaired) electrons. The number of fused-ring (bicyclic) bond motifs is 1. The predicted octanol–water partition coefficient (Wildman–Crippen LogP) is 1.18. The number of aromatic nitrogens is 4. The van der Waals surface area contributed by atoms with Crippen LogP contribution in [0.3, 0.4) is 0 Å². The Hall–Kier alpha value is -2.22. The fourth-order valence-corrected chi connectivity index (χ4v) is 4.35. The van der Waals surface area contributed by atoms with Gasteiger partial charge in [-0.3, -0.25) is 9.69 Å². The summed E-state index contributed by atoms with van der Waals surface area (Å²) in [4.78, 5) is 16.8. The first kappa shape index (κ1) is 16.9. The van der Waals surface area contributed by atoms with Gasteiger partial charge in [-0.2, -0.15) is 4.52 Å². The molecule has 3 aliphatic rings. The fraction of sp³-hybridized carbons (Fsp3) is 0.684. The van der Waals surface area contributed by atoms with Crippen molar-refractivity contribution in [3.63, 3.8) is 0 Å². The van der Waals surface area contributed by atoms with Crippen molar-refractivity contribution in [2.24, 2.45) is 0 Å². The number of nitrogens with one attached hydrogen (secondary N) is 1. The first-order valence-corrected chi connectivity index (χ1v) is 10.2. The molecular formula is C19H27N7O. The van der Waals surface area contributed by atoms with E-state index in [1.165, 1.54) is 19.3 Å². The van der Waals surface area contributed by atoms with Crippen LogP contribution < -0.4 is 10.2 Å². The Balaban J connectivity index is 1.28. The second-order valence-electron chi connectivity index (χ2n) is 8.17. The molecular weight excluding hydrogens is 342 g/mol. The molecule has 1 N–H and O–H groups in total. The molecule has 8 nitrogen and oxygen atoms in total. The van der Waals surface area contributed by atoms with Crippen LogP contribution in [0.15, 0.2) is 12.1 Å². The lowest BCUT2D eigenvalue weighted by Gasteiger charge is -2.46. The number of rotatable bonds is 4. The van der Waals surface area contributed by atoms with Gasteiger partial charge in [-0.15, -0.1) is 15.3 Å². The van der Waals surface area contributed by atoms with E-state index >= 15 is 0 Å². The van der Waals surface area contributed by atoms with Crippen LogP contribution >= 0.6 is 0 Å².